The van der Waals surface area contributed by atoms with Gasteiger partial charge in [0, 0.05) is 22.0 Å². The first-order valence-electron chi connectivity index (χ1n) is 9.12. The summed E-state index contributed by atoms with van der Waals surface area (Å²) in [6.07, 6.45) is 1.33. The maximum atomic E-state index is 13.1. The van der Waals surface area contributed by atoms with Crippen LogP contribution in [0.15, 0.2) is 65.3 Å². The lowest BCUT2D eigenvalue weighted by Gasteiger charge is -2.27. The van der Waals surface area contributed by atoms with Crippen LogP contribution in [0.4, 0.5) is 11.4 Å². The van der Waals surface area contributed by atoms with Crippen LogP contribution in [0.2, 0.25) is 0 Å². The molecule has 5 nitrogen and oxygen atoms in total. The molecule has 1 amide bonds. The average molecular weight is 438 g/mol. The molecule has 6 heteroatoms. The summed E-state index contributed by atoms with van der Waals surface area (Å²) in [5.74, 6) is 0.708. The van der Waals surface area contributed by atoms with Crippen molar-refractivity contribution in [3.8, 4) is 5.75 Å². The van der Waals surface area contributed by atoms with Crippen molar-refractivity contribution < 1.29 is 9.53 Å². The number of pyridine rings is 1. The minimum atomic E-state index is -0.387. The Morgan fingerprint density at radius 1 is 1.18 bits per heavy atom. The SMILES string of the molecule is CCOc1ccc(N2C(=O)c3cccnc3[C@@H]2Nc2ccc(Br)c(C)c2)cc1. The lowest BCUT2D eigenvalue weighted by Crippen LogP contribution is -2.32. The molecule has 1 N–H and O–H groups in total. The van der Waals surface area contributed by atoms with Crippen molar-refractivity contribution in [2.45, 2.75) is 20.0 Å². The molecule has 0 fully saturated rings. The van der Waals surface area contributed by atoms with Gasteiger partial charge in [0.25, 0.3) is 5.91 Å². The number of fused-ring (bicyclic) bond motifs is 1. The predicted octanol–water partition coefficient (Wildman–Crippen LogP) is 5.32. The maximum Gasteiger partial charge on any atom is 0.262 e. The number of nitrogens with zero attached hydrogens (tertiary/aromatic N) is 2. The molecular weight excluding hydrogens is 418 g/mol. The van der Waals surface area contributed by atoms with E-state index in [-0.39, 0.29) is 12.1 Å². The summed E-state index contributed by atoms with van der Waals surface area (Å²) in [5.41, 5.74) is 4.17. The number of nitrogens with one attached hydrogen (secondary N) is 1. The molecule has 142 valence electrons. The van der Waals surface area contributed by atoms with Crippen LogP contribution in [0, 0.1) is 6.92 Å². The number of hydrogen-bond donors (Lipinski definition) is 1. The van der Waals surface area contributed by atoms with Crippen molar-refractivity contribution in [2.24, 2.45) is 0 Å². The monoisotopic (exact) mass is 437 g/mol. The van der Waals surface area contributed by atoms with Gasteiger partial charge in [-0.2, -0.15) is 0 Å². The zero-order valence-corrected chi connectivity index (χ0v) is 17.2. The van der Waals surface area contributed by atoms with Crippen molar-refractivity contribution >= 4 is 33.2 Å². The minimum Gasteiger partial charge on any atom is -0.494 e. The van der Waals surface area contributed by atoms with Crippen LogP contribution >= 0.6 is 15.9 Å². The first kappa shape index (κ1) is 18.5. The molecule has 1 aliphatic rings. The number of carbonyl (C=O) groups is 1. The Morgan fingerprint density at radius 3 is 2.68 bits per heavy atom. The molecule has 0 bridgehead atoms. The molecule has 0 saturated heterocycles. The summed E-state index contributed by atoms with van der Waals surface area (Å²) in [4.78, 5) is 19.4. The Morgan fingerprint density at radius 2 is 1.96 bits per heavy atom. The summed E-state index contributed by atoms with van der Waals surface area (Å²) >= 11 is 3.53. The third-order valence-electron chi connectivity index (χ3n) is 4.69. The third kappa shape index (κ3) is 3.36. The average Bonchev–Trinajstić information content (AvgIpc) is 2.98. The van der Waals surface area contributed by atoms with Crippen molar-refractivity contribution in [3.63, 3.8) is 0 Å². The van der Waals surface area contributed by atoms with E-state index in [0.717, 1.165) is 32.9 Å². The largest absolute Gasteiger partial charge is 0.494 e. The summed E-state index contributed by atoms with van der Waals surface area (Å²) in [7, 11) is 0. The number of halogens is 1. The van der Waals surface area contributed by atoms with Gasteiger partial charge in [-0.25, -0.2) is 0 Å². The molecule has 4 rings (SSSR count). The number of rotatable bonds is 5. The highest BCUT2D eigenvalue weighted by atomic mass is 79.9. The number of benzene rings is 2. The van der Waals surface area contributed by atoms with E-state index in [1.165, 1.54) is 0 Å². The van der Waals surface area contributed by atoms with Gasteiger partial charge in [-0.05, 0) is 74.0 Å². The van der Waals surface area contributed by atoms with E-state index in [1.54, 1.807) is 17.2 Å². The summed E-state index contributed by atoms with van der Waals surface area (Å²) in [6.45, 7) is 4.58. The van der Waals surface area contributed by atoms with Crippen LogP contribution in [0.3, 0.4) is 0 Å². The Kier molecular flexibility index (Phi) is 5.05. The quantitative estimate of drug-likeness (QED) is 0.586. The van der Waals surface area contributed by atoms with Crippen molar-refractivity contribution in [3.05, 3.63) is 82.1 Å². The molecule has 0 aliphatic carbocycles. The van der Waals surface area contributed by atoms with Crippen molar-refractivity contribution in [2.75, 3.05) is 16.8 Å². The van der Waals surface area contributed by atoms with E-state index >= 15 is 0 Å². The highest BCUT2D eigenvalue weighted by molar-refractivity contribution is 9.10. The van der Waals surface area contributed by atoms with E-state index in [4.69, 9.17) is 4.74 Å². The Bertz CT molecular complexity index is 1020. The number of anilines is 2. The Labute approximate surface area is 172 Å². The number of aromatic nitrogens is 1. The van der Waals surface area contributed by atoms with Crippen LogP contribution in [-0.4, -0.2) is 17.5 Å². The number of aryl methyl sites for hydroxylation is 1. The maximum absolute atomic E-state index is 13.1. The molecule has 1 atom stereocenters. The highest BCUT2D eigenvalue weighted by Crippen LogP contribution is 2.37. The molecule has 2 aromatic carbocycles. The summed E-state index contributed by atoms with van der Waals surface area (Å²) < 4.78 is 6.57. The standard InChI is InChI=1S/C22H20BrN3O2/c1-3-28-17-9-7-16(8-10-17)26-21(20-18(22(26)27)5-4-12-24-20)25-15-6-11-19(23)14(2)13-15/h4-13,21,25H,3H2,1-2H3/t21-/m1/s1. The van der Waals surface area contributed by atoms with Crippen LogP contribution in [-0.2, 0) is 0 Å². The van der Waals surface area contributed by atoms with Crippen LogP contribution in [0.25, 0.3) is 0 Å². The zero-order valence-electron chi connectivity index (χ0n) is 15.6. The molecule has 0 radical (unpaired) electrons. The minimum absolute atomic E-state index is 0.0707. The molecule has 0 unspecified atom stereocenters. The molecule has 1 aliphatic heterocycles. The van der Waals surface area contributed by atoms with Gasteiger partial charge >= 0.3 is 0 Å². The summed E-state index contributed by atoms with van der Waals surface area (Å²) in [6, 6.07) is 17.2. The predicted molar refractivity (Wildman–Crippen MR) is 114 cm³/mol. The van der Waals surface area contributed by atoms with E-state index in [2.05, 4.69) is 26.2 Å². The molecular formula is C22H20BrN3O2. The molecule has 28 heavy (non-hydrogen) atoms. The third-order valence-corrected chi connectivity index (χ3v) is 5.58. The lowest BCUT2D eigenvalue weighted by atomic mass is 10.2. The first-order chi connectivity index (χ1) is 13.6. The number of hydrogen-bond acceptors (Lipinski definition) is 4. The Hall–Kier alpha value is -2.86. The van der Waals surface area contributed by atoms with Crippen LogP contribution in [0.5, 0.6) is 5.75 Å². The molecule has 3 aromatic rings. The summed E-state index contributed by atoms with van der Waals surface area (Å²) in [5, 5.41) is 3.47. The van der Waals surface area contributed by atoms with Gasteiger partial charge in [0.2, 0.25) is 0 Å². The van der Waals surface area contributed by atoms with Gasteiger partial charge in [0.05, 0.1) is 17.9 Å². The number of carbonyl (C=O) groups excluding carboxylic acids is 1. The van der Waals surface area contributed by atoms with Gasteiger partial charge in [-0.15, -0.1) is 0 Å². The van der Waals surface area contributed by atoms with E-state index in [1.807, 2.05) is 62.4 Å². The molecule has 0 saturated carbocycles. The fourth-order valence-electron chi connectivity index (χ4n) is 3.35. The Balaban J connectivity index is 1.72. The van der Waals surface area contributed by atoms with E-state index in [9.17, 15) is 4.79 Å². The second-order valence-electron chi connectivity index (χ2n) is 6.55. The number of ether oxygens (including phenoxy) is 1. The second kappa shape index (κ2) is 7.64. The fraction of sp³-hybridized carbons (Fsp3) is 0.182. The molecule has 2 heterocycles. The lowest BCUT2D eigenvalue weighted by molar-refractivity contribution is 0.0993. The first-order valence-corrected chi connectivity index (χ1v) is 9.92. The normalized spacial score (nSPS) is 15.5. The van der Waals surface area contributed by atoms with Crippen molar-refractivity contribution in [1.29, 1.82) is 0 Å². The van der Waals surface area contributed by atoms with Gasteiger partial charge in [-0.1, -0.05) is 15.9 Å². The molecule has 1 aromatic heterocycles. The smallest absolute Gasteiger partial charge is 0.262 e. The molecule has 0 spiro atoms. The zero-order chi connectivity index (χ0) is 19.7. The van der Waals surface area contributed by atoms with Gasteiger partial charge in [0.15, 0.2) is 6.17 Å². The van der Waals surface area contributed by atoms with E-state index < -0.39 is 0 Å². The number of amides is 1. The van der Waals surface area contributed by atoms with Crippen LogP contribution in [0.1, 0.15) is 34.7 Å². The topological polar surface area (TPSA) is 54.5 Å². The second-order valence-corrected chi connectivity index (χ2v) is 7.40. The van der Waals surface area contributed by atoms with Gasteiger partial charge in [0.1, 0.15) is 5.75 Å². The van der Waals surface area contributed by atoms with Crippen LogP contribution < -0.4 is 15.0 Å². The van der Waals surface area contributed by atoms with Crippen molar-refractivity contribution in [1.82, 2.24) is 4.98 Å². The fourth-order valence-corrected chi connectivity index (χ4v) is 3.59. The van der Waals surface area contributed by atoms with Gasteiger partial charge in [-0.3, -0.25) is 14.7 Å². The van der Waals surface area contributed by atoms with Gasteiger partial charge < -0.3 is 10.1 Å². The van der Waals surface area contributed by atoms with E-state index in [0.29, 0.717) is 12.2 Å². The highest BCUT2D eigenvalue weighted by Gasteiger charge is 2.39.